The molecule has 1 fully saturated rings. The van der Waals surface area contributed by atoms with Gasteiger partial charge in [-0.2, -0.15) is 0 Å². The van der Waals surface area contributed by atoms with Crippen molar-refractivity contribution in [2.45, 2.75) is 25.8 Å². The summed E-state index contributed by atoms with van der Waals surface area (Å²) < 4.78 is 36.3. The number of halogens is 2. The number of hydrogen-bond donors (Lipinski definition) is 2. The highest BCUT2D eigenvalue weighted by Crippen LogP contribution is 2.34. The maximum absolute atomic E-state index is 15.0. The smallest absolute Gasteiger partial charge is 0.407 e. The summed E-state index contributed by atoms with van der Waals surface area (Å²) in [6.45, 7) is 2.55. The Morgan fingerprint density at radius 2 is 1.97 bits per heavy atom. The van der Waals surface area contributed by atoms with Crippen LogP contribution in [0, 0.1) is 18.6 Å². The number of esters is 1. The Labute approximate surface area is 182 Å². The van der Waals surface area contributed by atoms with Crippen LogP contribution in [-0.2, 0) is 4.74 Å². The number of aryl methyl sites for hydroxylation is 1. The van der Waals surface area contributed by atoms with Gasteiger partial charge in [0.05, 0.1) is 18.2 Å². The van der Waals surface area contributed by atoms with Crippen molar-refractivity contribution in [1.29, 1.82) is 0 Å². The molecule has 3 heterocycles. The van der Waals surface area contributed by atoms with Gasteiger partial charge in [0.15, 0.2) is 0 Å². The van der Waals surface area contributed by atoms with E-state index in [0.29, 0.717) is 30.9 Å². The molecule has 3 aromatic rings. The number of imidazole rings is 1. The summed E-state index contributed by atoms with van der Waals surface area (Å²) in [5.41, 5.74) is 0.799. The lowest BCUT2D eigenvalue weighted by Crippen LogP contribution is -2.44. The molecule has 2 N–H and O–H groups in total. The molecular weight excluding hydrogens is 422 g/mol. The molecule has 32 heavy (non-hydrogen) atoms. The fourth-order valence-corrected chi connectivity index (χ4v) is 3.96. The largest absolute Gasteiger partial charge is 0.465 e. The highest BCUT2D eigenvalue weighted by molar-refractivity contribution is 5.90. The first kappa shape index (κ1) is 21.5. The van der Waals surface area contributed by atoms with E-state index in [1.54, 1.807) is 16.7 Å². The molecule has 10 heteroatoms. The van der Waals surface area contributed by atoms with E-state index in [-0.39, 0.29) is 29.4 Å². The summed E-state index contributed by atoms with van der Waals surface area (Å²) in [6, 6.07) is 5.17. The maximum atomic E-state index is 15.0. The number of fused-ring (bicyclic) bond motifs is 1. The summed E-state index contributed by atoms with van der Waals surface area (Å²) in [4.78, 5) is 28.9. The molecule has 0 bridgehead atoms. The van der Waals surface area contributed by atoms with Gasteiger partial charge in [-0.3, -0.25) is 4.40 Å². The molecule has 1 aliphatic rings. The van der Waals surface area contributed by atoms with Gasteiger partial charge in [0.25, 0.3) is 0 Å². The molecule has 0 saturated carbocycles. The van der Waals surface area contributed by atoms with Gasteiger partial charge in [-0.1, -0.05) is 0 Å². The number of aromatic nitrogens is 2. The minimum atomic E-state index is -1.01. The van der Waals surface area contributed by atoms with Crippen LogP contribution in [0.3, 0.4) is 0 Å². The van der Waals surface area contributed by atoms with E-state index in [9.17, 15) is 14.7 Å². The predicted molar refractivity (Wildman–Crippen MR) is 113 cm³/mol. The van der Waals surface area contributed by atoms with Crippen molar-refractivity contribution in [1.82, 2.24) is 14.3 Å². The first-order chi connectivity index (χ1) is 15.3. The number of carbonyl (C=O) groups is 2. The third-order valence-corrected chi connectivity index (χ3v) is 5.51. The predicted octanol–water partition coefficient (Wildman–Crippen LogP) is 3.93. The highest BCUT2D eigenvalue weighted by atomic mass is 19.1. The lowest BCUT2D eigenvalue weighted by Gasteiger charge is -2.31. The molecule has 1 unspecified atom stereocenters. The van der Waals surface area contributed by atoms with Gasteiger partial charge < -0.3 is 20.1 Å². The molecule has 0 radical (unpaired) electrons. The standard InChI is InChI=1S/C22H22F2N4O4/c1-12-5-7-28-17(8-12)26-19(18-15(23)9-13(10-16(18)24)21(29)32-2)20(28)25-14-4-3-6-27(11-14)22(30)31/h5,7-10,14,25H,3-4,6,11H2,1-2H3,(H,30,31). The molecule has 1 amide bonds. The minimum absolute atomic E-state index is 0.0365. The summed E-state index contributed by atoms with van der Waals surface area (Å²) in [7, 11) is 1.13. The number of piperidine rings is 1. The Kier molecular flexibility index (Phi) is 5.68. The van der Waals surface area contributed by atoms with Gasteiger partial charge in [0, 0.05) is 25.3 Å². The molecule has 1 aromatic carbocycles. The fourth-order valence-electron chi connectivity index (χ4n) is 3.96. The number of amides is 1. The zero-order chi connectivity index (χ0) is 23.0. The van der Waals surface area contributed by atoms with E-state index in [4.69, 9.17) is 0 Å². The van der Waals surface area contributed by atoms with Crippen LogP contribution < -0.4 is 5.32 Å². The zero-order valence-electron chi connectivity index (χ0n) is 17.6. The van der Waals surface area contributed by atoms with Crippen LogP contribution in [0.4, 0.5) is 19.4 Å². The highest BCUT2D eigenvalue weighted by Gasteiger charge is 2.28. The van der Waals surface area contributed by atoms with Crippen LogP contribution >= 0.6 is 0 Å². The van der Waals surface area contributed by atoms with Crippen LogP contribution in [-0.4, -0.2) is 57.7 Å². The van der Waals surface area contributed by atoms with Crippen molar-refractivity contribution in [2.75, 3.05) is 25.5 Å². The number of anilines is 1. The van der Waals surface area contributed by atoms with Gasteiger partial charge >= 0.3 is 12.1 Å². The third-order valence-electron chi connectivity index (χ3n) is 5.51. The van der Waals surface area contributed by atoms with Crippen LogP contribution in [0.5, 0.6) is 0 Å². The van der Waals surface area contributed by atoms with E-state index < -0.39 is 23.7 Å². The van der Waals surface area contributed by atoms with Crippen LogP contribution in [0.2, 0.25) is 0 Å². The summed E-state index contributed by atoms with van der Waals surface area (Å²) >= 11 is 0. The number of carboxylic acid groups (broad SMARTS) is 1. The number of likely N-dealkylation sites (tertiary alicyclic amines) is 1. The number of pyridine rings is 1. The van der Waals surface area contributed by atoms with Crippen molar-refractivity contribution in [3.05, 3.63) is 53.2 Å². The lowest BCUT2D eigenvalue weighted by atomic mass is 10.0. The Morgan fingerprint density at radius 3 is 2.62 bits per heavy atom. The molecule has 1 aliphatic heterocycles. The molecular formula is C22H22F2N4O4. The second-order valence-electron chi connectivity index (χ2n) is 7.76. The van der Waals surface area contributed by atoms with Crippen molar-refractivity contribution in [3.8, 4) is 11.3 Å². The van der Waals surface area contributed by atoms with E-state index >= 15 is 8.78 Å². The first-order valence-electron chi connectivity index (χ1n) is 10.1. The van der Waals surface area contributed by atoms with Gasteiger partial charge in [0.1, 0.15) is 28.8 Å². The number of nitrogens with zero attached hydrogens (tertiary/aromatic N) is 3. The van der Waals surface area contributed by atoms with Crippen LogP contribution in [0.1, 0.15) is 28.8 Å². The van der Waals surface area contributed by atoms with E-state index in [1.165, 1.54) is 4.90 Å². The van der Waals surface area contributed by atoms with E-state index in [1.807, 2.05) is 13.0 Å². The van der Waals surface area contributed by atoms with Crippen LogP contribution in [0.25, 0.3) is 16.9 Å². The fraction of sp³-hybridized carbons (Fsp3) is 0.318. The second kappa shape index (κ2) is 8.45. The minimum Gasteiger partial charge on any atom is -0.465 e. The topological polar surface area (TPSA) is 96.2 Å². The molecule has 1 atom stereocenters. The van der Waals surface area contributed by atoms with Crippen molar-refractivity contribution < 1.29 is 28.2 Å². The van der Waals surface area contributed by atoms with Crippen molar-refractivity contribution in [2.24, 2.45) is 0 Å². The molecule has 0 spiro atoms. The van der Waals surface area contributed by atoms with E-state index in [0.717, 1.165) is 24.8 Å². The molecule has 0 aliphatic carbocycles. The average Bonchev–Trinajstić information content (AvgIpc) is 3.09. The van der Waals surface area contributed by atoms with Gasteiger partial charge in [-0.05, 0) is 49.6 Å². The van der Waals surface area contributed by atoms with Gasteiger partial charge in [-0.15, -0.1) is 0 Å². The average molecular weight is 444 g/mol. The molecule has 8 nitrogen and oxygen atoms in total. The quantitative estimate of drug-likeness (QED) is 0.592. The number of rotatable bonds is 4. The van der Waals surface area contributed by atoms with Gasteiger partial charge in [-0.25, -0.2) is 23.4 Å². The van der Waals surface area contributed by atoms with Crippen LogP contribution in [0.15, 0.2) is 30.5 Å². The Hall–Kier alpha value is -3.69. The summed E-state index contributed by atoms with van der Waals surface area (Å²) in [5, 5.41) is 12.6. The maximum Gasteiger partial charge on any atom is 0.407 e. The lowest BCUT2D eigenvalue weighted by molar-refractivity contribution is 0.0599. The third kappa shape index (κ3) is 3.95. The number of benzene rings is 1. The number of ether oxygens (including phenoxy) is 1. The molecule has 2 aromatic heterocycles. The Bertz CT molecular complexity index is 1190. The summed E-state index contributed by atoms with van der Waals surface area (Å²) in [5.74, 6) is -2.41. The van der Waals surface area contributed by atoms with Gasteiger partial charge in [0.2, 0.25) is 0 Å². The number of methoxy groups -OCH3 is 1. The number of hydrogen-bond acceptors (Lipinski definition) is 5. The normalized spacial score (nSPS) is 16.2. The SMILES string of the molecule is COC(=O)c1cc(F)c(-c2nc3cc(C)ccn3c2NC2CCCN(C(=O)O)C2)c(F)c1. The molecule has 168 valence electrons. The Morgan fingerprint density at radius 1 is 1.25 bits per heavy atom. The van der Waals surface area contributed by atoms with Crippen molar-refractivity contribution in [3.63, 3.8) is 0 Å². The van der Waals surface area contributed by atoms with Crippen molar-refractivity contribution >= 4 is 23.5 Å². The first-order valence-corrected chi connectivity index (χ1v) is 10.1. The monoisotopic (exact) mass is 444 g/mol. The zero-order valence-corrected chi connectivity index (χ0v) is 17.6. The number of carbonyl (C=O) groups excluding carboxylic acids is 1. The number of nitrogens with one attached hydrogen (secondary N) is 1. The molecule has 4 rings (SSSR count). The Balaban J connectivity index is 1.82. The van der Waals surface area contributed by atoms with E-state index in [2.05, 4.69) is 15.0 Å². The summed E-state index contributed by atoms with van der Waals surface area (Å²) in [6.07, 6.45) is 2.07. The molecule has 1 saturated heterocycles. The second-order valence-corrected chi connectivity index (χ2v) is 7.76.